The fraction of sp³-hybridized carbons (Fsp3) is 0.571. The highest BCUT2D eigenvalue weighted by Crippen LogP contribution is 2.29. The number of rotatable bonds is 5. The van der Waals surface area contributed by atoms with Gasteiger partial charge in [0.25, 0.3) is 0 Å². The number of alkyl halides is 3. The molecule has 2 rings (SSSR count). The molecule has 1 aliphatic rings. The molecule has 22 heavy (non-hydrogen) atoms. The Morgan fingerprint density at radius 3 is 2.55 bits per heavy atom. The third-order valence-electron chi connectivity index (χ3n) is 3.47. The molecule has 1 fully saturated rings. The van der Waals surface area contributed by atoms with Crippen LogP contribution in [0.4, 0.5) is 13.2 Å². The predicted molar refractivity (Wildman–Crippen MR) is 79.3 cm³/mol. The summed E-state index contributed by atoms with van der Waals surface area (Å²) in [6.07, 6.45) is -4.21. The van der Waals surface area contributed by atoms with Crippen LogP contribution in [0, 0.1) is 0 Å². The molecule has 1 heterocycles. The Morgan fingerprint density at radius 1 is 1.27 bits per heavy atom. The first-order chi connectivity index (χ1) is 9.99. The second kappa shape index (κ2) is 8.57. The van der Waals surface area contributed by atoms with E-state index in [9.17, 15) is 18.3 Å². The van der Waals surface area contributed by atoms with Gasteiger partial charge >= 0.3 is 6.36 Å². The molecule has 0 unspecified atom stereocenters. The third kappa shape index (κ3) is 5.64. The van der Waals surface area contributed by atoms with E-state index in [0.29, 0.717) is 6.42 Å². The number of hydrogen-bond acceptors (Lipinski definition) is 4. The topological polar surface area (TPSA) is 44.7 Å². The second-order valence-electron chi connectivity index (χ2n) is 4.93. The van der Waals surface area contributed by atoms with Crippen LogP contribution in [-0.4, -0.2) is 49.2 Å². The molecule has 2 N–H and O–H groups in total. The molecule has 4 nitrogen and oxygen atoms in total. The van der Waals surface area contributed by atoms with Gasteiger partial charge in [0.05, 0.1) is 0 Å². The van der Waals surface area contributed by atoms with E-state index >= 15 is 0 Å². The van der Waals surface area contributed by atoms with Crippen LogP contribution in [0.3, 0.4) is 0 Å². The number of benzene rings is 1. The van der Waals surface area contributed by atoms with Crippen LogP contribution in [-0.2, 0) is 0 Å². The predicted octanol–water partition coefficient (Wildman–Crippen LogP) is 2.34. The number of halogens is 4. The van der Waals surface area contributed by atoms with Crippen molar-refractivity contribution in [2.75, 3.05) is 32.8 Å². The van der Waals surface area contributed by atoms with Gasteiger partial charge in [-0.25, -0.2) is 0 Å². The molecule has 1 aliphatic heterocycles. The number of nitrogens with one attached hydrogen (secondary N) is 1. The monoisotopic (exact) mass is 340 g/mol. The molecular weight excluding hydrogens is 321 g/mol. The van der Waals surface area contributed by atoms with Gasteiger partial charge in [-0.05, 0) is 24.1 Å². The molecule has 0 radical (unpaired) electrons. The van der Waals surface area contributed by atoms with Crippen LogP contribution in [0.2, 0.25) is 0 Å². The first-order valence-electron chi connectivity index (χ1n) is 6.91. The summed E-state index contributed by atoms with van der Waals surface area (Å²) in [6, 6.07) is 5.89. The van der Waals surface area contributed by atoms with E-state index in [0.717, 1.165) is 31.7 Å². The van der Waals surface area contributed by atoms with E-state index in [-0.39, 0.29) is 30.8 Å². The van der Waals surface area contributed by atoms with Crippen molar-refractivity contribution in [3.8, 4) is 5.75 Å². The number of piperazine rings is 1. The van der Waals surface area contributed by atoms with Crippen molar-refractivity contribution in [2.24, 2.45) is 0 Å². The Morgan fingerprint density at radius 2 is 1.95 bits per heavy atom. The molecule has 0 aromatic heterocycles. The summed E-state index contributed by atoms with van der Waals surface area (Å²) in [5.74, 6) is -0.224. The van der Waals surface area contributed by atoms with Crippen molar-refractivity contribution in [3.63, 3.8) is 0 Å². The van der Waals surface area contributed by atoms with Crippen LogP contribution in [0.25, 0.3) is 0 Å². The van der Waals surface area contributed by atoms with Gasteiger partial charge in [-0.15, -0.1) is 25.6 Å². The molecule has 0 bridgehead atoms. The Bertz CT molecular complexity index is 454. The normalized spacial score (nSPS) is 17.6. The van der Waals surface area contributed by atoms with Gasteiger partial charge in [0.2, 0.25) is 0 Å². The van der Waals surface area contributed by atoms with Gasteiger partial charge in [-0.3, -0.25) is 4.90 Å². The first kappa shape index (κ1) is 19.0. The molecular formula is C14H20ClF3N2O2. The number of aliphatic hydroxyl groups is 1. The van der Waals surface area contributed by atoms with Gasteiger partial charge < -0.3 is 15.2 Å². The maximum atomic E-state index is 12.3. The van der Waals surface area contributed by atoms with Crippen LogP contribution in [0.5, 0.6) is 5.75 Å². The van der Waals surface area contributed by atoms with Crippen molar-refractivity contribution in [3.05, 3.63) is 29.8 Å². The summed E-state index contributed by atoms with van der Waals surface area (Å²) in [4.78, 5) is 2.17. The molecule has 0 aliphatic carbocycles. The molecule has 0 saturated carbocycles. The highest BCUT2D eigenvalue weighted by atomic mass is 35.5. The maximum Gasteiger partial charge on any atom is 0.573 e. The highest BCUT2D eigenvalue weighted by Gasteiger charge is 2.31. The zero-order valence-electron chi connectivity index (χ0n) is 12.0. The molecule has 1 aromatic carbocycles. The molecule has 0 spiro atoms. The second-order valence-corrected chi connectivity index (χ2v) is 4.93. The standard InChI is InChI=1S/C14H19F3N2O2.ClH/c15-14(16,17)21-12-3-1-2-11(10-12)13(4-9-20)19-7-5-18-6-8-19;/h1-3,10,13,18,20H,4-9H2;1H/t13-;/m0./s1. The molecule has 0 amide bonds. The minimum Gasteiger partial charge on any atom is -0.406 e. The van der Waals surface area contributed by atoms with Gasteiger partial charge in [0.15, 0.2) is 0 Å². The van der Waals surface area contributed by atoms with E-state index in [4.69, 9.17) is 0 Å². The number of aliphatic hydroxyl groups excluding tert-OH is 1. The molecule has 1 atom stereocenters. The van der Waals surface area contributed by atoms with Crippen LogP contribution >= 0.6 is 12.4 Å². The lowest BCUT2D eigenvalue weighted by Gasteiger charge is -2.35. The largest absolute Gasteiger partial charge is 0.573 e. The Balaban J connectivity index is 0.00000242. The zero-order chi connectivity index (χ0) is 15.3. The molecule has 1 aromatic rings. The number of hydrogen-bond donors (Lipinski definition) is 2. The van der Waals surface area contributed by atoms with Crippen molar-refractivity contribution < 1.29 is 23.0 Å². The van der Waals surface area contributed by atoms with E-state index in [2.05, 4.69) is 15.0 Å². The Labute approximate surface area is 133 Å². The van der Waals surface area contributed by atoms with Crippen LogP contribution in [0.15, 0.2) is 24.3 Å². The molecule has 1 saturated heterocycles. The average Bonchev–Trinajstić information content (AvgIpc) is 2.44. The summed E-state index contributed by atoms with van der Waals surface area (Å²) in [7, 11) is 0. The number of nitrogens with zero attached hydrogens (tertiary/aromatic N) is 1. The smallest absolute Gasteiger partial charge is 0.406 e. The van der Waals surface area contributed by atoms with E-state index in [1.807, 2.05) is 0 Å². The van der Waals surface area contributed by atoms with Crippen molar-refractivity contribution in [1.82, 2.24) is 10.2 Å². The third-order valence-corrected chi connectivity index (χ3v) is 3.47. The quantitative estimate of drug-likeness (QED) is 0.863. The van der Waals surface area contributed by atoms with Gasteiger partial charge in [-0.1, -0.05) is 12.1 Å². The SMILES string of the molecule is Cl.OCC[C@@H](c1cccc(OC(F)(F)F)c1)N1CCNCC1. The van der Waals surface area contributed by atoms with Gasteiger partial charge in [0.1, 0.15) is 5.75 Å². The summed E-state index contributed by atoms with van der Waals surface area (Å²) < 4.78 is 40.9. The van der Waals surface area contributed by atoms with Crippen molar-refractivity contribution in [1.29, 1.82) is 0 Å². The fourth-order valence-corrected chi connectivity index (χ4v) is 2.60. The lowest BCUT2D eigenvalue weighted by molar-refractivity contribution is -0.274. The van der Waals surface area contributed by atoms with E-state index < -0.39 is 6.36 Å². The Hall–Kier alpha value is -1.02. The first-order valence-corrected chi connectivity index (χ1v) is 6.91. The van der Waals surface area contributed by atoms with Gasteiger partial charge in [0, 0.05) is 38.8 Å². The van der Waals surface area contributed by atoms with Gasteiger partial charge in [-0.2, -0.15) is 0 Å². The lowest BCUT2D eigenvalue weighted by Crippen LogP contribution is -2.45. The summed E-state index contributed by atoms with van der Waals surface area (Å²) in [5.41, 5.74) is 0.729. The van der Waals surface area contributed by atoms with E-state index in [1.165, 1.54) is 12.1 Å². The minimum atomic E-state index is -4.69. The molecule has 126 valence electrons. The zero-order valence-corrected chi connectivity index (χ0v) is 12.8. The van der Waals surface area contributed by atoms with Crippen molar-refractivity contribution in [2.45, 2.75) is 18.8 Å². The van der Waals surface area contributed by atoms with Crippen LogP contribution < -0.4 is 10.1 Å². The average molecular weight is 341 g/mol. The Kier molecular flexibility index (Phi) is 7.41. The van der Waals surface area contributed by atoms with Crippen molar-refractivity contribution >= 4 is 12.4 Å². The highest BCUT2D eigenvalue weighted by molar-refractivity contribution is 5.85. The maximum absolute atomic E-state index is 12.3. The summed E-state index contributed by atoms with van der Waals surface area (Å²) in [6.45, 7) is 3.25. The lowest BCUT2D eigenvalue weighted by atomic mass is 10.0. The molecule has 8 heteroatoms. The summed E-state index contributed by atoms with van der Waals surface area (Å²) >= 11 is 0. The van der Waals surface area contributed by atoms with E-state index in [1.54, 1.807) is 12.1 Å². The minimum absolute atomic E-state index is 0. The summed E-state index contributed by atoms with van der Waals surface area (Å²) in [5, 5.41) is 12.5. The van der Waals surface area contributed by atoms with Crippen LogP contribution in [0.1, 0.15) is 18.0 Å². The number of ether oxygens (including phenoxy) is 1. The fourth-order valence-electron chi connectivity index (χ4n) is 2.60.